The van der Waals surface area contributed by atoms with Crippen LogP contribution in [0.1, 0.15) is 0 Å². The molecule has 0 unspecified atom stereocenters. The van der Waals surface area contributed by atoms with E-state index in [0.717, 1.165) is 145 Å². The Labute approximate surface area is 789 Å². The van der Waals surface area contributed by atoms with E-state index in [9.17, 15) is 0 Å². The van der Waals surface area contributed by atoms with Crippen molar-refractivity contribution in [1.82, 2.24) is 18.3 Å². The van der Waals surface area contributed by atoms with Crippen LogP contribution >= 0.6 is 0 Å². The second-order valence-corrected chi connectivity index (χ2v) is 35.7. The molecule has 22 aromatic carbocycles. The van der Waals surface area contributed by atoms with Crippen molar-refractivity contribution in [3.63, 3.8) is 0 Å². The molecule has 136 heavy (non-hydrogen) atoms. The highest BCUT2D eigenvalue weighted by Crippen LogP contribution is 2.51. The normalized spacial score (nSPS) is 11.7. The van der Waals surface area contributed by atoms with Crippen LogP contribution in [0.3, 0.4) is 0 Å². The van der Waals surface area contributed by atoms with Crippen molar-refractivity contribution in [2.24, 2.45) is 0 Å². The van der Waals surface area contributed by atoms with Crippen LogP contribution in [0.5, 0.6) is 0 Å². The zero-order valence-corrected chi connectivity index (χ0v) is 74.4. The maximum atomic E-state index is 2.55. The summed E-state index contributed by atoms with van der Waals surface area (Å²) in [6.45, 7) is 0. The topological polar surface area (TPSA) is 19.7 Å². The van der Waals surface area contributed by atoms with Gasteiger partial charge in [0.1, 0.15) is 0 Å². The van der Waals surface area contributed by atoms with Crippen molar-refractivity contribution < 1.29 is 0 Å². The smallest absolute Gasteiger partial charge is 0.0625 e. The van der Waals surface area contributed by atoms with Crippen molar-refractivity contribution >= 4 is 87.2 Å². The Balaban J connectivity index is 0.576. The van der Waals surface area contributed by atoms with Gasteiger partial charge in [-0.15, -0.1) is 0 Å². The van der Waals surface area contributed by atoms with Gasteiger partial charge in [-0.1, -0.05) is 406 Å². The zero-order valence-electron chi connectivity index (χ0n) is 74.4. The Morgan fingerprint density at radius 2 is 0.353 bits per heavy atom. The average Bonchev–Trinajstić information content (AvgIpc) is 1.56. The van der Waals surface area contributed by atoms with E-state index in [1.165, 1.54) is 110 Å². The molecule has 0 saturated carbocycles. The first-order valence-electron chi connectivity index (χ1n) is 46.9. The maximum Gasteiger partial charge on any atom is 0.0625 e. The summed E-state index contributed by atoms with van der Waals surface area (Å²) in [4.78, 5) is 0. The molecule has 0 atom stereocenters. The van der Waals surface area contributed by atoms with Gasteiger partial charge in [0.25, 0.3) is 0 Å². The van der Waals surface area contributed by atoms with Gasteiger partial charge < -0.3 is 18.3 Å². The molecule has 0 radical (unpaired) electrons. The Kier molecular flexibility index (Phi) is 19.3. The maximum absolute atomic E-state index is 2.55. The molecule has 4 heteroatoms. The fourth-order valence-corrected chi connectivity index (χ4v) is 21.5. The third kappa shape index (κ3) is 13.7. The molecule has 0 bridgehead atoms. The van der Waals surface area contributed by atoms with Gasteiger partial charge in [0.2, 0.25) is 0 Å². The van der Waals surface area contributed by atoms with Gasteiger partial charge in [-0.3, -0.25) is 0 Å². The van der Waals surface area contributed by atoms with E-state index in [1.807, 2.05) is 0 Å². The van der Waals surface area contributed by atoms with Crippen LogP contribution in [0.2, 0.25) is 0 Å². The molecule has 634 valence electrons. The molecule has 0 spiro atoms. The molecule has 0 saturated heterocycles. The summed E-state index contributed by atoms with van der Waals surface area (Å²) in [7, 11) is 0. The number of hydrogen-bond donors (Lipinski definition) is 0. The second-order valence-electron chi connectivity index (χ2n) is 35.7. The van der Waals surface area contributed by atoms with Gasteiger partial charge in [0, 0.05) is 76.8 Å². The van der Waals surface area contributed by atoms with Crippen molar-refractivity contribution in [1.29, 1.82) is 0 Å². The highest BCUT2D eigenvalue weighted by Gasteiger charge is 2.27. The molecule has 4 aromatic heterocycles. The fourth-order valence-electron chi connectivity index (χ4n) is 21.5. The molecule has 0 N–H and O–H groups in total. The number of nitrogens with zero attached hydrogens (tertiary/aromatic N) is 4. The van der Waals surface area contributed by atoms with Gasteiger partial charge >= 0.3 is 0 Å². The van der Waals surface area contributed by atoms with E-state index in [0.29, 0.717) is 0 Å². The van der Waals surface area contributed by atoms with Crippen molar-refractivity contribution in [3.05, 3.63) is 522 Å². The van der Waals surface area contributed by atoms with E-state index >= 15 is 0 Å². The molecule has 26 rings (SSSR count). The molecule has 0 aliphatic rings. The van der Waals surface area contributed by atoms with Crippen molar-refractivity contribution in [2.75, 3.05) is 0 Å². The minimum Gasteiger partial charge on any atom is -0.309 e. The molecule has 26 aromatic rings. The third-order valence-corrected chi connectivity index (χ3v) is 28.0. The summed E-state index contributed by atoms with van der Waals surface area (Å²) >= 11 is 0. The summed E-state index contributed by atoms with van der Waals surface area (Å²) in [5, 5.41) is 9.58. The first-order valence-corrected chi connectivity index (χ1v) is 46.9. The average molecular weight is 1730 g/mol. The summed E-state index contributed by atoms with van der Waals surface area (Å²) in [5.41, 5.74) is 43.9. The first-order chi connectivity index (χ1) is 67.4. The Morgan fingerprint density at radius 3 is 0.743 bits per heavy atom. The van der Waals surface area contributed by atoms with Crippen molar-refractivity contribution in [2.45, 2.75) is 0 Å². The number of rotatable bonds is 17. The fraction of sp³-hybridized carbons (Fsp3) is 0. The Hall–Kier alpha value is -18.0. The first kappa shape index (κ1) is 79.0. The van der Waals surface area contributed by atoms with Crippen LogP contribution in [-0.2, 0) is 0 Å². The molecule has 0 amide bonds. The molecular formula is C132H86N4. The van der Waals surface area contributed by atoms with E-state index in [1.54, 1.807) is 0 Å². The molecule has 0 aliphatic carbocycles. The highest BCUT2D eigenvalue weighted by atomic mass is 15.0. The molecule has 0 aliphatic heterocycles. The Morgan fingerprint density at radius 1 is 0.110 bits per heavy atom. The summed E-state index contributed by atoms with van der Waals surface area (Å²) in [6.07, 6.45) is 0. The van der Waals surface area contributed by atoms with Gasteiger partial charge in [-0.2, -0.15) is 0 Å². The number of fused-ring (bicyclic) bond motifs is 12. The van der Waals surface area contributed by atoms with Gasteiger partial charge in [0.05, 0.1) is 49.8 Å². The predicted molar refractivity (Wildman–Crippen MR) is 574 cm³/mol. The predicted octanol–water partition coefficient (Wildman–Crippen LogP) is 35.7. The van der Waals surface area contributed by atoms with Gasteiger partial charge in [-0.25, -0.2) is 0 Å². The minimum atomic E-state index is 1.07. The van der Waals surface area contributed by atoms with Gasteiger partial charge in [0.15, 0.2) is 0 Å². The number of para-hydroxylation sites is 2. The molecule has 4 nitrogen and oxygen atoms in total. The lowest BCUT2D eigenvalue weighted by Crippen LogP contribution is -1.98. The lowest BCUT2D eigenvalue weighted by molar-refractivity contribution is 1.18. The van der Waals surface area contributed by atoms with Crippen LogP contribution in [0.4, 0.5) is 0 Å². The minimum absolute atomic E-state index is 1.07. The largest absolute Gasteiger partial charge is 0.309 e. The lowest BCUT2D eigenvalue weighted by Gasteiger charge is -2.17. The monoisotopic (exact) mass is 1730 g/mol. The number of benzene rings is 22. The number of hydrogen-bond acceptors (Lipinski definition) is 0. The Bertz CT molecular complexity index is 9040. The van der Waals surface area contributed by atoms with Crippen LogP contribution in [0.15, 0.2) is 522 Å². The van der Waals surface area contributed by atoms with Crippen molar-refractivity contribution in [3.8, 4) is 167 Å². The van der Waals surface area contributed by atoms with Gasteiger partial charge in [-0.05, 0) is 243 Å². The third-order valence-electron chi connectivity index (χ3n) is 28.0. The summed E-state index contributed by atoms with van der Waals surface area (Å²) in [6, 6.07) is 193. The number of aromatic nitrogens is 4. The lowest BCUT2D eigenvalue weighted by atomic mass is 9.92. The van der Waals surface area contributed by atoms with Crippen LogP contribution in [0, 0.1) is 0 Å². The SMILES string of the molecule is c1ccc(-c2ccc(-c3ccc(-c4ccc(-n5c6ccccc6c6cc(-c7ccc8c(c7)c7ccccc7n8-c7ccc(-c8ccc(-n9c%10ccc(-c%11ccc%12c(c%11)c%11c(-c%13ccccc%13)ccc(-c%13ccccc%13)c%11n%12-c%11cc(-c%12ccccc%12)cc(-c%12ccccc%12)c%11)cc%10c%10c(-c%11ccccc%11)ccc(-c%11ccccc%11)c%109)cc8)cc7-c7ccccc7)ccc65)cc4)cc3)cc2)cc1. The second kappa shape index (κ2) is 33.1. The van der Waals surface area contributed by atoms with E-state index in [2.05, 4.69) is 540 Å². The standard InChI is InChI=1S/C132H86N4/c1-9-29-87(30-10-1)90-49-51-91(52-50-90)92-53-55-93(56-54-92)94-57-66-108(67-58-94)133-122-47-27-25-45-115(122)118-83-102(62-75-125(118)133)103-63-76-126-119(84-103)116-46-26-28-48-123(116)136(126)124-74-61-101(82-117(124)100-43-23-8-24-44-100)95-59-68-109(69-60-95)134-127-77-64-104(85-120(127)129-111(96-35-15-4-16-36-96)70-72-113(131(129)134)98-39-19-6-20-40-98)105-65-78-128-121(86-105)130-112(97-37-17-5-18-38-97)71-73-114(99-41-21-7-22-42-99)132(130)135(128)110-80-106(88-31-11-2-12-32-88)79-107(81-110)89-33-13-3-14-34-89/h1-86H. The summed E-state index contributed by atoms with van der Waals surface area (Å²) in [5.74, 6) is 0. The molecule has 4 heterocycles. The summed E-state index contributed by atoms with van der Waals surface area (Å²) < 4.78 is 10.00. The quantitative estimate of drug-likeness (QED) is 0.0866. The van der Waals surface area contributed by atoms with E-state index < -0.39 is 0 Å². The molecular weight excluding hydrogens is 1640 g/mol. The molecule has 0 fully saturated rings. The van der Waals surface area contributed by atoms with E-state index in [4.69, 9.17) is 0 Å². The van der Waals surface area contributed by atoms with E-state index in [-0.39, 0.29) is 0 Å². The zero-order chi connectivity index (χ0) is 89.7. The van der Waals surface area contributed by atoms with Crippen LogP contribution < -0.4 is 0 Å². The van der Waals surface area contributed by atoms with Crippen LogP contribution in [0.25, 0.3) is 255 Å². The highest BCUT2D eigenvalue weighted by molar-refractivity contribution is 6.23. The van der Waals surface area contributed by atoms with Crippen LogP contribution in [-0.4, -0.2) is 18.3 Å².